The average molecular weight is 494 g/mol. The van der Waals surface area contributed by atoms with Crippen LogP contribution in [0.25, 0.3) is 11.0 Å². The summed E-state index contributed by atoms with van der Waals surface area (Å²) < 4.78 is 17.2. The van der Waals surface area contributed by atoms with Gasteiger partial charge in [-0.15, -0.1) is 0 Å². The summed E-state index contributed by atoms with van der Waals surface area (Å²) in [6, 6.07) is 17.5. The van der Waals surface area contributed by atoms with Crippen molar-refractivity contribution < 1.29 is 23.5 Å². The Morgan fingerprint density at radius 1 is 0.938 bits per heavy atom. The van der Waals surface area contributed by atoms with Gasteiger partial charge in [-0.05, 0) is 71.4 Å². The average Bonchev–Trinajstić information content (AvgIpc) is 3.14. The zero-order chi connectivity index (χ0) is 22.8. The normalized spacial score (nSPS) is 10.8. The van der Waals surface area contributed by atoms with Crippen LogP contribution in [0.1, 0.15) is 32.0 Å². The second kappa shape index (κ2) is 8.88. The van der Waals surface area contributed by atoms with Crippen molar-refractivity contribution in [2.45, 2.75) is 6.92 Å². The molecule has 3 aromatic carbocycles. The van der Waals surface area contributed by atoms with Gasteiger partial charge < -0.3 is 19.2 Å². The van der Waals surface area contributed by atoms with Crippen LogP contribution >= 0.6 is 15.9 Å². The minimum Gasteiger partial charge on any atom is -0.497 e. The maximum Gasteiger partial charge on any atom is 0.256 e. The van der Waals surface area contributed by atoms with Crippen molar-refractivity contribution in [3.63, 3.8) is 0 Å². The fraction of sp³-hybridized carbons (Fsp3) is 0.120. The summed E-state index contributed by atoms with van der Waals surface area (Å²) in [6.45, 7) is 1.81. The van der Waals surface area contributed by atoms with E-state index in [2.05, 4.69) is 21.2 Å². The Hall–Kier alpha value is -3.58. The first kappa shape index (κ1) is 21.6. The Labute approximate surface area is 193 Å². The molecule has 0 spiro atoms. The van der Waals surface area contributed by atoms with E-state index >= 15 is 0 Å². The number of rotatable bonds is 6. The van der Waals surface area contributed by atoms with Crippen LogP contribution in [0.2, 0.25) is 0 Å². The minimum atomic E-state index is -0.312. The fourth-order valence-electron chi connectivity index (χ4n) is 3.47. The van der Waals surface area contributed by atoms with E-state index in [1.54, 1.807) is 48.5 Å². The molecule has 0 saturated carbocycles. The predicted molar refractivity (Wildman–Crippen MR) is 126 cm³/mol. The van der Waals surface area contributed by atoms with Gasteiger partial charge in [0.2, 0.25) is 5.78 Å². The molecule has 0 fully saturated rings. The number of carbonyl (C=O) groups excluding carboxylic acids is 2. The number of amides is 1. The number of ketones is 1. The van der Waals surface area contributed by atoms with Gasteiger partial charge >= 0.3 is 0 Å². The van der Waals surface area contributed by atoms with Gasteiger partial charge in [-0.25, -0.2) is 0 Å². The van der Waals surface area contributed by atoms with Crippen molar-refractivity contribution in [1.82, 2.24) is 0 Å². The van der Waals surface area contributed by atoms with Crippen LogP contribution in [0.3, 0.4) is 0 Å². The number of nitrogens with one attached hydrogen (secondary N) is 1. The number of carbonyl (C=O) groups is 2. The molecule has 1 amide bonds. The number of aryl methyl sites for hydroxylation is 1. The van der Waals surface area contributed by atoms with Crippen molar-refractivity contribution in [3.8, 4) is 11.5 Å². The summed E-state index contributed by atoms with van der Waals surface area (Å²) >= 11 is 3.39. The number of fused-ring (bicyclic) bond motifs is 1. The van der Waals surface area contributed by atoms with E-state index in [0.29, 0.717) is 43.9 Å². The summed E-state index contributed by atoms with van der Waals surface area (Å²) in [5.74, 6) is 0.626. The van der Waals surface area contributed by atoms with Gasteiger partial charge in [-0.3, -0.25) is 9.59 Å². The van der Waals surface area contributed by atoms with E-state index < -0.39 is 0 Å². The van der Waals surface area contributed by atoms with Crippen molar-refractivity contribution >= 4 is 44.3 Å². The van der Waals surface area contributed by atoms with Crippen molar-refractivity contribution in [1.29, 1.82) is 0 Å². The van der Waals surface area contributed by atoms with Gasteiger partial charge in [0, 0.05) is 21.1 Å². The highest BCUT2D eigenvalue weighted by atomic mass is 79.9. The lowest BCUT2D eigenvalue weighted by Crippen LogP contribution is -2.12. The summed E-state index contributed by atoms with van der Waals surface area (Å²) in [5.41, 5.74) is 2.69. The molecule has 4 aromatic rings. The maximum absolute atomic E-state index is 13.3. The molecule has 1 heterocycles. The molecule has 0 aliphatic heterocycles. The second-order valence-electron chi connectivity index (χ2n) is 7.10. The monoisotopic (exact) mass is 493 g/mol. The first-order valence-corrected chi connectivity index (χ1v) is 10.6. The molecular formula is C25H20BrNO5. The molecule has 0 bridgehead atoms. The molecule has 1 aromatic heterocycles. The van der Waals surface area contributed by atoms with Crippen LogP contribution in [0.5, 0.6) is 11.5 Å². The van der Waals surface area contributed by atoms with Crippen LogP contribution in [0, 0.1) is 6.92 Å². The molecule has 1 N–H and O–H groups in total. The van der Waals surface area contributed by atoms with Gasteiger partial charge in [0.25, 0.3) is 5.91 Å². The van der Waals surface area contributed by atoms with Gasteiger partial charge in [0.1, 0.15) is 17.1 Å². The molecule has 162 valence electrons. The number of hydrogen-bond acceptors (Lipinski definition) is 5. The predicted octanol–water partition coefficient (Wildman–Crippen LogP) is 6.00. The van der Waals surface area contributed by atoms with Crippen molar-refractivity contribution in [2.75, 3.05) is 19.5 Å². The molecule has 6 nitrogen and oxygen atoms in total. The van der Waals surface area contributed by atoms with Crippen LogP contribution in [0.4, 0.5) is 5.69 Å². The number of methoxy groups -OCH3 is 2. The number of halogens is 1. The number of hydrogen-bond donors (Lipinski definition) is 1. The Balaban J connectivity index is 1.69. The number of ether oxygens (including phenoxy) is 2. The van der Waals surface area contributed by atoms with E-state index in [0.717, 1.165) is 5.39 Å². The number of anilines is 1. The lowest BCUT2D eigenvalue weighted by molar-refractivity contribution is 0.100. The standard InChI is InChI=1S/C25H20BrNO5/c1-14-18-12-15(27-25(29)17-6-4-5-7-20(17)26)8-10-22(18)32-24(14)23(28)19-13-16(30-2)9-11-21(19)31-3/h4-13H,1-3H3,(H,27,29). The van der Waals surface area contributed by atoms with Crippen molar-refractivity contribution in [2.24, 2.45) is 0 Å². The number of benzene rings is 3. The highest BCUT2D eigenvalue weighted by molar-refractivity contribution is 9.10. The molecule has 0 atom stereocenters. The molecule has 0 unspecified atom stereocenters. The lowest BCUT2D eigenvalue weighted by atomic mass is 10.0. The molecular weight excluding hydrogens is 474 g/mol. The van der Waals surface area contributed by atoms with Crippen LogP contribution in [-0.2, 0) is 0 Å². The minimum absolute atomic E-state index is 0.209. The smallest absolute Gasteiger partial charge is 0.256 e. The van der Waals surface area contributed by atoms with Crippen LogP contribution < -0.4 is 14.8 Å². The molecule has 7 heteroatoms. The lowest BCUT2D eigenvalue weighted by Gasteiger charge is -2.09. The van der Waals surface area contributed by atoms with E-state index in [4.69, 9.17) is 13.9 Å². The molecule has 0 saturated heterocycles. The second-order valence-corrected chi connectivity index (χ2v) is 7.95. The van der Waals surface area contributed by atoms with E-state index in [1.165, 1.54) is 14.2 Å². The molecule has 32 heavy (non-hydrogen) atoms. The molecule has 0 aliphatic rings. The van der Waals surface area contributed by atoms with Crippen LogP contribution in [-0.4, -0.2) is 25.9 Å². The Kier molecular flexibility index (Phi) is 6.01. The van der Waals surface area contributed by atoms with E-state index in [9.17, 15) is 9.59 Å². The van der Waals surface area contributed by atoms with E-state index in [1.807, 2.05) is 19.1 Å². The third-order valence-corrected chi connectivity index (χ3v) is 5.86. The zero-order valence-electron chi connectivity index (χ0n) is 17.7. The SMILES string of the molecule is COc1ccc(OC)c(C(=O)c2oc3ccc(NC(=O)c4ccccc4Br)cc3c2C)c1. The maximum atomic E-state index is 13.3. The van der Waals surface area contributed by atoms with Crippen LogP contribution in [0.15, 0.2) is 69.6 Å². The van der Waals surface area contributed by atoms with Gasteiger partial charge in [0.05, 0.1) is 25.3 Å². The van der Waals surface area contributed by atoms with Crippen molar-refractivity contribution in [3.05, 3.63) is 87.6 Å². The van der Waals surface area contributed by atoms with Gasteiger partial charge in [0.15, 0.2) is 5.76 Å². The number of furan rings is 1. The first-order chi connectivity index (χ1) is 15.4. The van der Waals surface area contributed by atoms with Gasteiger partial charge in [-0.1, -0.05) is 12.1 Å². The first-order valence-electron chi connectivity index (χ1n) is 9.78. The topological polar surface area (TPSA) is 77.8 Å². The van der Waals surface area contributed by atoms with E-state index in [-0.39, 0.29) is 17.5 Å². The Morgan fingerprint density at radius 3 is 2.44 bits per heavy atom. The largest absolute Gasteiger partial charge is 0.497 e. The zero-order valence-corrected chi connectivity index (χ0v) is 19.3. The highest BCUT2D eigenvalue weighted by Crippen LogP contribution is 2.33. The van der Waals surface area contributed by atoms with Gasteiger partial charge in [-0.2, -0.15) is 0 Å². The fourth-order valence-corrected chi connectivity index (χ4v) is 3.94. The summed E-state index contributed by atoms with van der Waals surface area (Å²) in [4.78, 5) is 25.9. The highest BCUT2D eigenvalue weighted by Gasteiger charge is 2.23. The third kappa shape index (κ3) is 3.99. The summed E-state index contributed by atoms with van der Waals surface area (Å²) in [5, 5.41) is 3.63. The molecule has 4 rings (SSSR count). The molecule has 0 aliphatic carbocycles. The quantitative estimate of drug-likeness (QED) is 0.333. The molecule has 0 radical (unpaired) electrons. The summed E-state index contributed by atoms with van der Waals surface area (Å²) in [7, 11) is 3.04. The summed E-state index contributed by atoms with van der Waals surface area (Å²) in [6.07, 6.45) is 0. The Bertz CT molecular complexity index is 1340. The Morgan fingerprint density at radius 2 is 1.72 bits per heavy atom. The third-order valence-electron chi connectivity index (χ3n) is 5.17.